The Hall–Kier alpha value is -4.00. The zero-order valence-electron chi connectivity index (χ0n) is 22.1. The van der Waals surface area contributed by atoms with Crippen LogP contribution < -0.4 is 31.8 Å². The van der Waals surface area contributed by atoms with Crippen LogP contribution >= 0.6 is 25.6 Å². The fourth-order valence-electron chi connectivity index (χ4n) is 5.59. The highest BCUT2D eigenvalue weighted by atomic mass is 32.1. The van der Waals surface area contributed by atoms with Crippen LogP contribution in [-0.2, 0) is 9.13 Å². The zero-order valence-corrected chi connectivity index (χ0v) is 24.7. The van der Waals surface area contributed by atoms with Crippen molar-refractivity contribution in [3.8, 4) is 0 Å². The molecule has 0 fully saturated rings. The smallest absolute Gasteiger partial charge is 0.171 e. The van der Waals surface area contributed by atoms with E-state index in [1.807, 2.05) is 133 Å². The summed E-state index contributed by atoms with van der Waals surface area (Å²) in [5.41, 5.74) is 0. The fraction of sp³-hybridized carbons (Fsp3) is 0. The molecule has 0 bridgehead atoms. The van der Waals surface area contributed by atoms with Gasteiger partial charge in [0.25, 0.3) is 0 Å². The molecule has 0 amide bonds. The summed E-state index contributed by atoms with van der Waals surface area (Å²) in [6, 6.07) is 51.5. The van der Waals surface area contributed by atoms with Crippen molar-refractivity contribution in [2.45, 2.75) is 0 Å². The third kappa shape index (κ3) is 4.33. The van der Waals surface area contributed by atoms with Gasteiger partial charge in [0, 0.05) is 52.0 Å². The Morgan fingerprint density at radius 1 is 0.341 bits per heavy atom. The van der Waals surface area contributed by atoms with Gasteiger partial charge in [0.05, 0.1) is 0 Å². The highest BCUT2D eigenvalue weighted by Crippen LogP contribution is 2.46. The van der Waals surface area contributed by atoms with Crippen LogP contribution in [0.3, 0.4) is 0 Å². The summed E-state index contributed by atoms with van der Waals surface area (Å²) < 4.78 is 32.0. The highest BCUT2D eigenvalue weighted by molar-refractivity contribution is 7.85. The van der Waals surface area contributed by atoms with E-state index in [2.05, 4.69) is 24.3 Å². The van der Waals surface area contributed by atoms with E-state index >= 15 is 0 Å². The summed E-state index contributed by atoms with van der Waals surface area (Å²) in [6.07, 6.45) is 0. The Labute approximate surface area is 243 Å². The van der Waals surface area contributed by atoms with Gasteiger partial charge in [-0.25, -0.2) is 0 Å². The van der Waals surface area contributed by atoms with Crippen LogP contribution in [-0.4, -0.2) is 0 Å². The van der Waals surface area contributed by atoms with Crippen molar-refractivity contribution in [3.63, 3.8) is 0 Å². The van der Waals surface area contributed by atoms with Crippen LogP contribution in [0.25, 0.3) is 20.2 Å². The van der Waals surface area contributed by atoms with Gasteiger partial charge in [0.15, 0.2) is 14.3 Å². The Morgan fingerprint density at radius 2 is 0.634 bits per heavy atom. The molecule has 0 saturated carbocycles. The Morgan fingerprint density at radius 3 is 0.927 bits per heavy atom. The summed E-state index contributed by atoms with van der Waals surface area (Å²) in [7, 11) is -6.16. The van der Waals surface area contributed by atoms with Crippen molar-refractivity contribution in [1.29, 1.82) is 0 Å². The van der Waals surface area contributed by atoms with E-state index in [9.17, 15) is 9.13 Å². The molecule has 0 N–H and O–H groups in total. The molecule has 0 spiro atoms. The first-order chi connectivity index (χ1) is 20.1. The largest absolute Gasteiger partial charge is 0.309 e. The maximum absolute atomic E-state index is 14.9. The average Bonchev–Trinajstić information content (AvgIpc) is 3.43. The topological polar surface area (TPSA) is 34.1 Å². The van der Waals surface area contributed by atoms with Gasteiger partial charge in [-0.05, 0) is 12.1 Å². The fourth-order valence-corrected chi connectivity index (χ4v) is 12.3. The molecule has 0 aliphatic heterocycles. The van der Waals surface area contributed by atoms with Crippen molar-refractivity contribution >= 4 is 77.6 Å². The summed E-state index contributed by atoms with van der Waals surface area (Å²) >= 11 is 1.66. The standard InChI is InChI=1S/C36H26O2P2S/c37-39(27-13-5-1-6-14-27,28-15-7-2-8-16-28)31-21-23-33-34-24-22-32(26-36(34)41-35(33)25-31)40(38,29-17-9-3-10-18-29)30-19-11-4-12-20-30/h1-26H. The quantitative estimate of drug-likeness (QED) is 0.192. The first kappa shape index (κ1) is 25.9. The van der Waals surface area contributed by atoms with E-state index in [0.717, 1.165) is 52.0 Å². The lowest BCUT2D eigenvalue weighted by Gasteiger charge is -2.20. The Kier molecular flexibility index (Phi) is 6.60. The van der Waals surface area contributed by atoms with E-state index in [1.165, 1.54) is 0 Å². The summed E-state index contributed by atoms with van der Waals surface area (Å²) in [5, 5.41) is 7.13. The molecule has 0 aliphatic rings. The molecule has 198 valence electrons. The lowest BCUT2D eigenvalue weighted by atomic mass is 10.1. The minimum Gasteiger partial charge on any atom is -0.309 e. The molecule has 0 aliphatic carbocycles. The minimum atomic E-state index is -3.08. The van der Waals surface area contributed by atoms with Crippen molar-refractivity contribution in [3.05, 3.63) is 158 Å². The van der Waals surface area contributed by atoms with E-state index in [0.29, 0.717) is 0 Å². The van der Waals surface area contributed by atoms with Gasteiger partial charge in [-0.1, -0.05) is 146 Å². The van der Waals surface area contributed by atoms with Gasteiger partial charge < -0.3 is 9.13 Å². The molecule has 0 radical (unpaired) electrons. The number of benzene rings is 6. The monoisotopic (exact) mass is 584 g/mol. The number of hydrogen-bond acceptors (Lipinski definition) is 3. The Bertz CT molecular complexity index is 1850. The molecule has 0 saturated heterocycles. The second-order valence-corrected chi connectivity index (χ2v) is 16.6. The molecule has 0 atom stereocenters. The van der Waals surface area contributed by atoms with Crippen LogP contribution in [0.1, 0.15) is 0 Å². The maximum Gasteiger partial charge on any atom is 0.171 e. The van der Waals surface area contributed by atoms with Gasteiger partial charge in [-0.15, -0.1) is 11.3 Å². The Balaban J connectivity index is 1.41. The molecule has 1 aromatic heterocycles. The SMILES string of the molecule is O=P(c1ccccc1)(c1ccccc1)c1ccc2c(c1)sc1cc(P(=O)(c3ccccc3)c3ccccc3)ccc12. The normalized spacial score (nSPS) is 12.1. The zero-order chi connectivity index (χ0) is 27.9. The molecular weight excluding hydrogens is 558 g/mol. The lowest BCUT2D eigenvalue weighted by Crippen LogP contribution is -2.24. The first-order valence-corrected chi connectivity index (χ1v) is 17.7. The van der Waals surface area contributed by atoms with E-state index < -0.39 is 14.3 Å². The van der Waals surface area contributed by atoms with E-state index in [4.69, 9.17) is 0 Å². The van der Waals surface area contributed by atoms with Crippen molar-refractivity contribution in [2.24, 2.45) is 0 Å². The second-order valence-electron chi connectivity index (χ2n) is 10.0. The highest BCUT2D eigenvalue weighted by Gasteiger charge is 2.31. The minimum absolute atomic E-state index is 0.813. The van der Waals surface area contributed by atoms with Crippen molar-refractivity contribution < 1.29 is 9.13 Å². The lowest BCUT2D eigenvalue weighted by molar-refractivity contribution is 0.591. The van der Waals surface area contributed by atoms with Gasteiger partial charge >= 0.3 is 0 Å². The molecule has 6 aromatic carbocycles. The van der Waals surface area contributed by atoms with Crippen LogP contribution in [0.15, 0.2) is 158 Å². The van der Waals surface area contributed by atoms with E-state index in [1.54, 1.807) is 11.3 Å². The predicted molar refractivity (Wildman–Crippen MR) is 178 cm³/mol. The van der Waals surface area contributed by atoms with Gasteiger partial charge in [0.1, 0.15) is 0 Å². The third-order valence-corrected chi connectivity index (χ3v) is 14.9. The summed E-state index contributed by atoms with van der Waals surface area (Å²) in [4.78, 5) is 0. The number of thiophene rings is 1. The first-order valence-electron chi connectivity index (χ1n) is 13.5. The van der Waals surface area contributed by atoms with E-state index in [-0.39, 0.29) is 0 Å². The number of rotatable bonds is 6. The average molecular weight is 585 g/mol. The molecule has 0 unspecified atom stereocenters. The van der Waals surface area contributed by atoms with Crippen LogP contribution in [0.5, 0.6) is 0 Å². The summed E-state index contributed by atoms with van der Waals surface area (Å²) in [5.74, 6) is 0. The predicted octanol–water partition coefficient (Wildman–Crippen LogP) is 7.33. The molecule has 7 aromatic rings. The number of fused-ring (bicyclic) bond motifs is 3. The van der Waals surface area contributed by atoms with Gasteiger partial charge in [-0.2, -0.15) is 0 Å². The van der Waals surface area contributed by atoms with Crippen LogP contribution in [0.2, 0.25) is 0 Å². The van der Waals surface area contributed by atoms with Crippen LogP contribution in [0.4, 0.5) is 0 Å². The molecule has 5 heteroatoms. The third-order valence-electron chi connectivity index (χ3n) is 7.65. The molecule has 41 heavy (non-hydrogen) atoms. The second kappa shape index (κ2) is 10.4. The number of hydrogen-bond donors (Lipinski definition) is 0. The van der Waals surface area contributed by atoms with Crippen molar-refractivity contribution in [2.75, 3.05) is 0 Å². The van der Waals surface area contributed by atoms with Crippen LogP contribution in [0, 0.1) is 0 Å². The van der Waals surface area contributed by atoms with Gasteiger partial charge in [-0.3, -0.25) is 0 Å². The molecule has 7 rings (SSSR count). The van der Waals surface area contributed by atoms with Gasteiger partial charge in [0.2, 0.25) is 0 Å². The summed E-state index contributed by atoms with van der Waals surface area (Å²) in [6.45, 7) is 0. The maximum atomic E-state index is 14.9. The molecule has 1 heterocycles. The molecular formula is C36H26O2P2S. The van der Waals surface area contributed by atoms with Crippen molar-refractivity contribution in [1.82, 2.24) is 0 Å². The molecule has 2 nitrogen and oxygen atoms in total.